The average molecular weight is 521 g/mol. The van der Waals surface area contributed by atoms with E-state index in [1.54, 1.807) is 30.0 Å². The van der Waals surface area contributed by atoms with Gasteiger partial charge in [-0.25, -0.2) is 8.42 Å². The van der Waals surface area contributed by atoms with Gasteiger partial charge in [-0.1, -0.05) is 10.6 Å². The molecule has 2 N–H and O–H groups in total. The normalized spacial score (nSPS) is 16.5. The van der Waals surface area contributed by atoms with Gasteiger partial charge in [0.15, 0.2) is 0 Å². The van der Waals surface area contributed by atoms with Crippen LogP contribution in [-0.2, 0) is 26.0 Å². The van der Waals surface area contributed by atoms with Crippen molar-refractivity contribution in [1.82, 2.24) is 19.8 Å². The van der Waals surface area contributed by atoms with E-state index < -0.39 is 21.8 Å². The van der Waals surface area contributed by atoms with Crippen molar-refractivity contribution in [2.24, 2.45) is 5.92 Å². The third-order valence-electron chi connectivity index (χ3n) is 6.32. The van der Waals surface area contributed by atoms with Crippen molar-refractivity contribution in [2.75, 3.05) is 42.1 Å². The lowest BCUT2D eigenvalue weighted by atomic mass is 9.96. The number of aromatic nitrogens is 2. The molecule has 0 radical (unpaired) electrons. The fraction of sp³-hybridized carbons (Fsp3) is 0.500. The van der Waals surface area contributed by atoms with Crippen LogP contribution < -0.4 is 14.9 Å². The zero-order valence-electron chi connectivity index (χ0n) is 19.6. The number of hydrogen-bond acceptors (Lipinski definition) is 8. The summed E-state index contributed by atoms with van der Waals surface area (Å²) in [7, 11) is -3.44. The first-order valence-corrected chi connectivity index (χ1v) is 14.0. The van der Waals surface area contributed by atoms with Crippen LogP contribution in [0.2, 0.25) is 0 Å². The molecule has 1 aromatic carbocycles. The highest BCUT2D eigenvalue weighted by molar-refractivity contribution is 7.92. The molecule has 0 aliphatic carbocycles. The number of amides is 3. The van der Waals surface area contributed by atoms with Gasteiger partial charge in [0.05, 0.1) is 17.6 Å². The number of carbonyl (C=O) groups excluding carboxylic acids is 3. The number of nitrogens with zero attached hydrogens (tertiary/aromatic N) is 4. The Balaban J connectivity index is 1.27. The highest BCUT2D eigenvalue weighted by Crippen LogP contribution is 2.31. The summed E-state index contributed by atoms with van der Waals surface area (Å²) in [4.78, 5) is 39.7. The number of benzene rings is 1. The van der Waals surface area contributed by atoms with E-state index in [-0.39, 0.29) is 11.8 Å². The number of aryl methyl sites for hydroxylation is 2. The quantitative estimate of drug-likeness (QED) is 0.564. The summed E-state index contributed by atoms with van der Waals surface area (Å²) in [5, 5.41) is 9.11. The highest BCUT2D eigenvalue weighted by Gasteiger charge is 2.27. The first-order valence-electron chi connectivity index (χ1n) is 11.4. The van der Waals surface area contributed by atoms with Crippen LogP contribution in [0, 0.1) is 12.8 Å². The first-order chi connectivity index (χ1) is 16.6. The molecule has 1 saturated heterocycles. The van der Waals surface area contributed by atoms with Crippen LogP contribution >= 0.6 is 11.5 Å². The predicted molar refractivity (Wildman–Crippen MR) is 132 cm³/mol. The second kappa shape index (κ2) is 10.3. The third kappa shape index (κ3) is 5.78. The minimum Gasteiger partial charge on any atom is -0.348 e. The standard InChI is InChI=1S/C22H28N6O5S2/c1-14-19(34-26-25-14)22(31)27-10-7-15(8-11-27)13-23-20(29)21(30)24-17-6-5-16-4-3-9-28(18(16)12-17)35(2,32)33/h5-6,12,15H,3-4,7-11,13H2,1-2H3,(H,23,29)(H,24,30). The molecule has 2 aliphatic rings. The van der Waals surface area contributed by atoms with Crippen molar-refractivity contribution in [3.63, 3.8) is 0 Å². The molecule has 2 aromatic rings. The lowest BCUT2D eigenvalue weighted by Gasteiger charge is -2.31. The van der Waals surface area contributed by atoms with E-state index in [4.69, 9.17) is 0 Å². The van der Waals surface area contributed by atoms with Crippen LogP contribution in [0.4, 0.5) is 11.4 Å². The van der Waals surface area contributed by atoms with Crippen LogP contribution in [0.1, 0.15) is 40.2 Å². The van der Waals surface area contributed by atoms with E-state index >= 15 is 0 Å². The minimum atomic E-state index is -3.44. The minimum absolute atomic E-state index is 0.0705. The Morgan fingerprint density at radius 1 is 1.14 bits per heavy atom. The number of fused-ring (bicyclic) bond motifs is 1. The Morgan fingerprint density at radius 3 is 2.54 bits per heavy atom. The maximum atomic E-state index is 12.6. The molecular formula is C22H28N6O5S2. The number of carbonyl (C=O) groups is 3. The maximum absolute atomic E-state index is 12.6. The summed E-state index contributed by atoms with van der Waals surface area (Å²) in [6, 6.07) is 5.04. The van der Waals surface area contributed by atoms with E-state index in [1.165, 1.54) is 4.31 Å². The zero-order chi connectivity index (χ0) is 25.2. The molecule has 0 unspecified atom stereocenters. The van der Waals surface area contributed by atoms with E-state index in [0.29, 0.717) is 61.0 Å². The predicted octanol–water partition coefficient (Wildman–Crippen LogP) is 1.17. The molecule has 0 spiro atoms. The fourth-order valence-electron chi connectivity index (χ4n) is 4.38. The molecule has 4 rings (SSSR count). The smallest absolute Gasteiger partial charge is 0.313 e. The van der Waals surface area contributed by atoms with Crippen molar-refractivity contribution in [3.05, 3.63) is 34.3 Å². The van der Waals surface area contributed by atoms with Crippen LogP contribution in [0.3, 0.4) is 0 Å². The van der Waals surface area contributed by atoms with Crippen molar-refractivity contribution < 1.29 is 22.8 Å². The number of sulfonamides is 1. The van der Waals surface area contributed by atoms with Crippen LogP contribution in [0.5, 0.6) is 0 Å². The maximum Gasteiger partial charge on any atom is 0.313 e. The number of nitrogens with one attached hydrogen (secondary N) is 2. The summed E-state index contributed by atoms with van der Waals surface area (Å²) < 4.78 is 29.4. The molecule has 13 heteroatoms. The molecule has 188 valence electrons. The van der Waals surface area contributed by atoms with Gasteiger partial charge >= 0.3 is 11.8 Å². The van der Waals surface area contributed by atoms with Gasteiger partial charge in [0.1, 0.15) is 4.88 Å². The SMILES string of the molecule is Cc1nnsc1C(=O)N1CCC(CNC(=O)C(=O)Nc2ccc3c(c2)N(S(C)(=O)=O)CCC3)CC1. The largest absolute Gasteiger partial charge is 0.348 e. The molecule has 0 saturated carbocycles. The first kappa shape index (κ1) is 25.0. The van der Waals surface area contributed by atoms with Gasteiger partial charge in [-0.3, -0.25) is 18.7 Å². The Hall–Kier alpha value is -3.06. The molecule has 0 bridgehead atoms. The number of hydrogen-bond donors (Lipinski definition) is 2. The lowest BCUT2D eigenvalue weighted by molar-refractivity contribution is -0.136. The summed E-state index contributed by atoms with van der Waals surface area (Å²) in [5.74, 6) is -1.48. The van der Waals surface area contributed by atoms with E-state index in [2.05, 4.69) is 20.2 Å². The van der Waals surface area contributed by atoms with Gasteiger partial charge in [0.2, 0.25) is 10.0 Å². The third-order valence-corrected chi connectivity index (χ3v) is 8.32. The molecule has 2 aliphatic heterocycles. The zero-order valence-corrected chi connectivity index (χ0v) is 21.2. The molecule has 1 aromatic heterocycles. The summed E-state index contributed by atoms with van der Waals surface area (Å²) in [6.45, 7) is 3.61. The van der Waals surface area contributed by atoms with Gasteiger partial charge in [-0.2, -0.15) is 0 Å². The Bertz CT molecular complexity index is 1240. The summed E-state index contributed by atoms with van der Waals surface area (Å²) in [6.07, 6.45) is 4.06. The molecule has 3 amide bonds. The van der Waals surface area contributed by atoms with E-state index in [9.17, 15) is 22.8 Å². The molecule has 11 nitrogen and oxygen atoms in total. The van der Waals surface area contributed by atoms with Crippen LogP contribution in [-0.4, -0.2) is 73.1 Å². The van der Waals surface area contributed by atoms with Gasteiger partial charge in [-0.15, -0.1) is 5.10 Å². The molecule has 3 heterocycles. The highest BCUT2D eigenvalue weighted by atomic mass is 32.2. The van der Waals surface area contributed by atoms with E-state index in [0.717, 1.165) is 36.2 Å². The van der Waals surface area contributed by atoms with Gasteiger partial charge < -0.3 is 15.5 Å². The number of piperidine rings is 1. The summed E-state index contributed by atoms with van der Waals surface area (Å²) in [5.41, 5.74) is 2.40. The lowest BCUT2D eigenvalue weighted by Crippen LogP contribution is -2.43. The second-order valence-corrected chi connectivity index (χ2v) is 11.5. The van der Waals surface area contributed by atoms with Crippen molar-refractivity contribution in [2.45, 2.75) is 32.6 Å². The molecular weight excluding hydrogens is 492 g/mol. The van der Waals surface area contributed by atoms with E-state index in [1.807, 2.05) is 0 Å². The van der Waals surface area contributed by atoms with Crippen LogP contribution in [0.25, 0.3) is 0 Å². The Kier molecular flexibility index (Phi) is 7.36. The summed E-state index contributed by atoms with van der Waals surface area (Å²) >= 11 is 1.09. The Morgan fingerprint density at radius 2 is 1.89 bits per heavy atom. The van der Waals surface area contributed by atoms with Gasteiger partial charge in [0.25, 0.3) is 5.91 Å². The average Bonchev–Trinajstić information content (AvgIpc) is 3.27. The monoisotopic (exact) mass is 520 g/mol. The van der Waals surface area contributed by atoms with Crippen LogP contribution in [0.15, 0.2) is 18.2 Å². The molecule has 1 fully saturated rings. The number of likely N-dealkylation sites (tertiary alicyclic amines) is 1. The molecule has 0 atom stereocenters. The number of rotatable bonds is 5. The second-order valence-electron chi connectivity index (χ2n) is 8.87. The molecule has 35 heavy (non-hydrogen) atoms. The van der Waals surface area contributed by atoms with Crippen molar-refractivity contribution >= 4 is 50.7 Å². The van der Waals surface area contributed by atoms with Gasteiger partial charge in [-0.05, 0) is 67.8 Å². The topological polar surface area (TPSA) is 142 Å². The number of anilines is 2. The fourth-order valence-corrected chi connectivity index (χ4v) is 5.99. The van der Waals surface area contributed by atoms with Gasteiger partial charge in [0, 0.05) is 31.9 Å². The van der Waals surface area contributed by atoms with Crippen molar-refractivity contribution in [3.8, 4) is 0 Å². The van der Waals surface area contributed by atoms with Crippen molar-refractivity contribution in [1.29, 1.82) is 0 Å². The Labute approximate surface area is 208 Å².